The van der Waals surface area contributed by atoms with E-state index in [1.165, 1.54) is 0 Å². The van der Waals surface area contributed by atoms with E-state index in [9.17, 15) is 0 Å². The second-order valence-corrected chi connectivity index (χ2v) is 5.13. The van der Waals surface area contributed by atoms with Crippen molar-refractivity contribution in [1.29, 1.82) is 0 Å². The van der Waals surface area contributed by atoms with Crippen LogP contribution < -0.4 is 10.1 Å². The first-order valence-corrected chi connectivity index (χ1v) is 6.86. The summed E-state index contributed by atoms with van der Waals surface area (Å²) in [5.74, 6) is 1.34. The Morgan fingerprint density at radius 2 is 2.22 bits per heavy atom. The fraction of sp³-hybridized carbons (Fsp3) is 0.417. The molecule has 2 aromatic heterocycles. The van der Waals surface area contributed by atoms with E-state index in [1.54, 1.807) is 17.5 Å². The number of nitrogens with zero attached hydrogens (tertiary/aromatic N) is 3. The summed E-state index contributed by atoms with van der Waals surface area (Å²) in [7, 11) is 0. The van der Waals surface area contributed by atoms with Gasteiger partial charge in [0, 0.05) is 6.54 Å². The Balaban J connectivity index is 2.08. The van der Waals surface area contributed by atoms with Crippen molar-refractivity contribution in [1.82, 2.24) is 15.0 Å². The molecule has 3 heterocycles. The zero-order valence-electron chi connectivity index (χ0n) is 10.4. The molecule has 3 rings (SSSR count). The van der Waals surface area contributed by atoms with Gasteiger partial charge in [0.25, 0.3) is 0 Å². The summed E-state index contributed by atoms with van der Waals surface area (Å²) < 4.78 is 5.66. The number of nitrogens with one attached hydrogen (secondary N) is 1. The summed E-state index contributed by atoms with van der Waals surface area (Å²) in [5, 5.41) is 4.23. The summed E-state index contributed by atoms with van der Waals surface area (Å²) in [6.07, 6.45) is 2.66. The van der Waals surface area contributed by atoms with Crippen LogP contribution in [0.15, 0.2) is 6.20 Å². The van der Waals surface area contributed by atoms with Crippen molar-refractivity contribution >= 4 is 17.3 Å². The van der Waals surface area contributed by atoms with Gasteiger partial charge in [0.2, 0.25) is 5.95 Å². The third-order valence-electron chi connectivity index (χ3n) is 2.72. The van der Waals surface area contributed by atoms with E-state index in [1.807, 2.05) is 6.92 Å². The van der Waals surface area contributed by atoms with Crippen LogP contribution >= 0.6 is 11.3 Å². The Hall–Kier alpha value is -1.69. The van der Waals surface area contributed by atoms with E-state index >= 15 is 0 Å². The quantitative estimate of drug-likeness (QED) is 0.920. The molecule has 0 aliphatic carbocycles. The average Bonchev–Trinajstić information content (AvgIpc) is 2.82. The maximum Gasteiger partial charge on any atom is 0.223 e. The second-order valence-electron chi connectivity index (χ2n) is 3.96. The first-order chi connectivity index (χ1) is 8.81. The summed E-state index contributed by atoms with van der Waals surface area (Å²) in [4.78, 5) is 14.5. The minimum atomic E-state index is 0.573. The molecule has 0 amide bonds. The first kappa shape index (κ1) is 11.4. The Morgan fingerprint density at radius 3 is 3.00 bits per heavy atom. The van der Waals surface area contributed by atoms with Gasteiger partial charge in [-0.3, -0.25) is 0 Å². The molecule has 0 saturated heterocycles. The highest BCUT2D eigenvalue weighted by molar-refractivity contribution is 7.12. The van der Waals surface area contributed by atoms with Gasteiger partial charge in [0.1, 0.15) is 18.0 Å². The van der Waals surface area contributed by atoms with Crippen molar-refractivity contribution in [3.05, 3.63) is 16.1 Å². The number of aromatic nitrogens is 3. The van der Waals surface area contributed by atoms with Crippen LogP contribution in [0, 0.1) is 0 Å². The predicted octanol–water partition coefficient (Wildman–Crippen LogP) is 2.49. The van der Waals surface area contributed by atoms with Gasteiger partial charge in [-0.25, -0.2) is 15.0 Å². The zero-order valence-corrected chi connectivity index (χ0v) is 11.2. The zero-order chi connectivity index (χ0) is 12.5. The van der Waals surface area contributed by atoms with Gasteiger partial charge in [-0.05, 0) is 13.3 Å². The SMILES string of the molecule is CCNc1ncc2c(n1)-c1nc(CC)sc1CO2. The molecule has 6 heteroatoms. The summed E-state index contributed by atoms with van der Waals surface area (Å²) in [6, 6.07) is 0. The highest BCUT2D eigenvalue weighted by Crippen LogP contribution is 2.38. The summed E-state index contributed by atoms with van der Waals surface area (Å²) in [6.45, 7) is 5.49. The smallest absolute Gasteiger partial charge is 0.223 e. The van der Waals surface area contributed by atoms with E-state index in [0.29, 0.717) is 12.6 Å². The van der Waals surface area contributed by atoms with Gasteiger partial charge in [-0.15, -0.1) is 11.3 Å². The highest BCUT2D eigenvalue weighted by Gasteiger charge is 2.23. The second kappa shape index (κ2) is 4.53. The number of ether oxygens (including phenoxy) is 1. The van der Waals surface area contributed by atoms with Crippen LogP contribution in [0.4, 0.5) is 5.95 Å². The van der Waals surface area contributed by atoms with Gasteiger partial charge in [0.05, 0.1) is 16.1 Å². The molecule has 0 radical (unpaired) electrons. The highest BCUT2D eigenvalue weighted by atomic mass is 32.1. The van der Waals surface area contributed by atoms with Crippen LogP contribution in [0.1, 0.15) is 23.7 Å². The lowest BCUT2D eigenvalue weighted by atomic mass is 10.2. The normalized spacial score (nSPS) is 12.6. The molecular weight excluding hydrogens is 248 g/mol. The summed E-state index contributed by atoms with van der Waals surface area (Å²) >= 11 is 1.70. The van der Waals surface area contributed by atoms with Gasteiger partial charge in [-0.2, -0.15) is 0 Å². The van der Waals surface area contributed by atoms with Crippen LogP contribution in [0.2, 0.25) is 0 Å². The molecule has 0 aromatic carbocycles. The Bertz CT molecular complexity index is 581. The van der Waals surface area contributed by atoms with E-state index in [2.05, 4.69) is 27.2 Å². The lowest BCUT2D eigenvalue weighted by Crippen LogP contribution is -2.09. The molecule has 1 N–H and O–H groups in total. The number of hydrogen-bond donors (Lipinski definition) is 1. The first-order valence-electron chi connectivity index (χ1n) is 6.04. The lowest BCUT2D eigenvalue weighted by Gasteiger charge is -2.15. The standard InChI is InChI=1S/C12H14N4OS/c1-3-9-15-11-8(18-9)6-17-7-5-14-12(13-4-2)16-10(7)11/h5H,3-4,6H2,1-2H3,(H,13,14,16). The molecule has 0 atom stereocenters. The monoisotopic (exact) mass is 262 g/mol. The molecule has 0 fully saturated rings. The van der Waals surface area contributed by atoms with Crippen molar-refractivity contribution in [2.24, 2.45) is 0 Å². The van der Waals surface area contributed by atoms with Crippen molar-refractivity contribution in [2.45, 2.75) is 26.9 Å². The number of aryl methyl sites for hydroxylation is 1. The van der Waals surface area contributed by atoms with E-state index in [-0.39, 0.29) is 0 Å². The number of hydrogen-bond acceptors (Lipinski definition) is 6. The van der Waals surface area contributed by atoms with Crippen LogP contribution in [0.25, 0.3) is 11.4 Å². The number of thiazole rings is 1. The molecule has 94 valence electrons. The Labute approximate surface area is 109 Å². The topological polar surface area (TPSA) is 59.9 Å². The number of fused-ring (bicyclic) bond motifs is 3. The molecular formula is C12H14N4OS. The predicted molar refractivity (Wildman–Crippen MR) is 71.0 cm³/mol. The van der Waals surface area contributed by atoms with Crippen LogP contribution in [0.5, 0.6) is 5.75 Å². The third kappa shape index (κ3) is 1.82. The van der Waals surface area contributed by atoms with Crippen LogP contribution in [0.3, 0.4) is 0 Å². The van der Waals surface area contributed by atoms with Crippen molar-refractivity contribution in [3.8, 4) is 17.1 Å². The van der Waals surface area contributed by atoms with Crippen LogP contribution in [-0.4, -0.2) is 21.5 Å². The van der Waals surface area contributed by atoms with E-state index < -0.39 is 0 Å². The van der Waals surface area contributed by atoms with E-state index in [0.717, 1.165) is 40.0 Å². The average molecular weight is 262 g/mol. The van der Waals surface area contributed by atoms with Gasteiger partial charge < -0.3 is 10.1 Å². The fourth-order valence-corrected chi connectivity index (χ4v) is 2.79. The van der Waals surface area contributed by atoms with Gasteiger partial charge in [-0.1, -0.05) is 6.92 Å². The van der Waals surface area contributed by atoms with Crippen molar-refractivity contribution < 1.29 is 4.74 Å². The lowest BCUT2D eigenvalue weighted by molar-refractivity contribution is 0.303. The van der Waals surface area contributed by atoms with Crippen molar-refractivity contribution in [2.75, 3.05) is 11.9 Å². The fourth-order valence-electron chi connectivity index (χ4n) is 1.87. The molecule has 5 nitrogen and oxygen atoms in total. The third-order valence-corrected chi connectivity index (χ3v) is 3.89. The minimum Gasteiger partial charge on any atom is -0.484 e. The van der Waals surface area contributed by atoms with E-state index in [4.69, 9.17) is 4.74 Å². The maximum atomic E-state index is 5.66. The Morgan fingerprint density at radius 1 is 1.33 bits per heavy atom. The Kier molecular flexibility index (Phi) is 2.87. The molecule has 18 heavy (non-hydrogen) atoms. The molecule has 1 aliphatic rings. The molecule has 0 unspecified atom stereocenters. The van der Waals surface area contributed by atoms with Gasteiger partial charge in [0.15, 0.2) is 5.75 Å². The number of rotatable bonds is 3. The minimum absolute atomic E-state index is 0.573. The molecule has 0 bridgehead atoms. The number of anilines is 1. The van der Waals surface area contributed by atoms with Crippen molar-refractivity contribution in [3.63, 3.8) is 0 Å². The molecule has 1 aliphatic heterocycles. The summed E-state index contributed by atoms with van der Waals surface area (Å²) in [5.41, 5.74) is 1.76. The van der Waals surface area contributed by atoms with Crippen LogP contribution in [-0.2, 0) is 13.0 Å². The largest absolute Gasteiger partial charge is 0.484 e. The molecule has 0 saturated carbocycles. The molecule has 0 spiro atoms. The maximum absolute atomic E-state index is 5.66. The molecule has 2 aromatic rings. The van der Waals surface area contributed by atoms with Gasteiger partial charge >= 0.3 is 0 Å².